The minimum absolute atomic E-state index is 0.0203. The molecule has 3 N–H and O–H groups in total. The smallest absolute Gasteiger partial charge is 0.280 e. The number of benzene rings is 1. The van der Waals surface area contributed by atoms with Crippen LogP contribution in [0.4, 0.5) is 0 Å². The number of hydrogen-bond acceptors (Lipinski definition) is 2. The Bertz CT molecular complexity index is 510. The number of carbonyl (C=O) groups is 2. The molecule has 2 rings (SSSR count). The van der Waals surface area contributed by atoms with Gasteiger partial charge in [-0.2, -0.15) is 0 Å². The van der Waals surface area contributed by atoms with Crippen LogP contribution >= 0.6 is 0 Å². The lowest BCUT2D eigenvalue weighted by Crippen LogP contribution is -3.17. The van der Waals surface area contributed by atoms with E-state index in [0.29, 0.717) is 6.54 Å². The number of nitrogens with zero attached hydrogens (tertiary/aromatic N) is 1. The van der Waals surface area contributed by atoms with Gasteiger partial charge in [0.25, 0.3) is 5.91 Å². The van der Waals surface area contributed by atoms with Gasteiger partial charge in [-0.3, -0.25) is 9.59 Å². The summed E-state index contributed by atoms with van der Waals surface area (Å²) < 4.78 is 0. The third kappa shape index (κ3) is 4.07. The van der Waals surface area contributed by atoms with Crippen LogP contribution in [0, 0.1) is 5.92 Å². The first-order valence-electron chi connectivity index (χ1n) is 7.92. The first kappa shape index (κ1) is 16.5. The quantitative estimate of drug-likeness (QED) is 0.792. The molecule has 1 aromatic carbocycles. The van der Waals surface area contributed by atoms with E-state index in [2.05, 4.69) is 0 Å². The lowest BCUT2D eigenvalue weighted by Gasteiger charge is -2.33. The highest BCUT2D eigenvalue weighted by atomic mass is 16.2. The Balaban J connectivity index is 1.88. The maximum Gasteiger partial charge on any atom is 0.280 e. The van der Waals surface area contributed by atoms with E-state index in [4.69, 9.17) is 5.73 Å². The summed E-state index contributed by atoms with van der Waals surface area (Å²) in [5.41, 5.74) is 6.49. The third-order valence-electron chi connectivity index (χ3n) is 4.65. The van der Waals surface area contributed by atoms with Crippen LogP contribution in [-0.2, 0) is 16.1 Å². The number of likely N-dealkylation sites (tertiary alicyclic amines) is 1. The highest BCUT2D eigenvalue weighted by molar-refractivity contribution is 5.80. The van der Waals surface area contributed by atoms with Crippen LogP contribution in [0.2, 0.25) is 0 Å². The SMILES string of the molecule is C[C@@H](C(=O)N(C)Cc1ccccc1)[NH+]1CCC(C(N)=O)CC1. The molecule has 0 aromatic heterocycles. The summed E-state index contributed by atoms with van der Waals surface area (Å²) in [5.74, 6) is -0.0799. The lowest BCUT2D eigenvalue weighted by atomic mass is 9.95. The molecule has 0 unspecified atom stereocenters. The van der Waals surface area contributed by atoms with Gasteiger partial charge in [0.1, 0.15) is 0 Å². The number of rotatable bonds is 5. The molecule has 1 aliphatic heterocycles. The molecule has 1 heterocycles. The van der Waals surface area contributed by atoms with Gasteiger partial charge < -0.3 is 15.5 Å². The topological polar surface area (TPSA) is 67.8 Å². The highest BCUT2D eigenvalue weighted by Crippen LogP contribution is 2.09. The Hall–Kier alpha value is -1.88. The first-order valence-corrected chi connectivity index (χ1v) is 7.92. The van der Waals surface area contributed by atoms with Gasteiger partial charge in [-0.1, -0.05) is 30.3 Å². The van der Waals surface area contributed by atoms with E-state index in [9.17, 15) is 9.59 Å². The highest BCUT2D eigenvalue weighted by Gasteiger charge is 2.33. The van der Waals surface area contributed by atoms with Gasteiger partial charge in [-0.05, 0) is 12.5 Å². The molecular weight excluding hydrogens is 278 g/mol. The molecule has 1 saturated heterocycles. The van der Waals surface area contributed by atoms with Crippen molar-refractivity contribution in [3.05, 3.63) is 35.9 Å². The van der Waals surface area contributed by atoms with E-state index in [-0.39, 0.29) is 23.8 Å². The van der Waals surface area contributed by atoms with Crippen molar-refractivity contribution in [3.63, 3.8) is 0 Å². The second-order valence-electron chi connectivity index (χ2n) is 6.24. The minimum atomic E-state index is -0.209. The molecule has 0 radical (unpaired) electrons. The van der Waals surface area contributed by atoms with Crippen LogP contribution in [0.3, 0.4) is 0 Å². The fraction of sp³-hybridized carbons (Fsp3) is 0.529. The molecule has 0 saturated carbocycles. The monoisotopic (exact) mass is 304 g/mol. The third-order valence-corrected chi connectivity index (χ3v) is 4.65. The van der Waals surface area contributed by atoms with E-state index in [1.54, 1.807) is 4.90 Å². The standard InChI is InChI=1S/C17H25N3O2/c1-13(20-10-8-15(9-11-20)16(18)21)17(22)19(2)12-14-6-4-3-5-7-14/h3-7,13,15H,8-12H2,1-2H3,(H2,18,21)/p+1/t13-/m0/s1. The van der Waals surface area contributed by atoms with Crippen molar-refractivity contribution < 1.29 is 14.5 Å². The molecule has 0 bridgehead atoms. The van der Waals surface area contributed by atoms with E-state index in [1.165, 1.54) is 4.90 Å². The summed E-state index contributed by atoms with van der Waals surface area (Å²) in [6, 6.07) is 9.91. The van der Waals surface area contributed by atoms with Gasteiger partial charge in [0.05, 0.1) is 13.1 Å². The van der Waals surface area contributed by atoms with E-state index in [0.717, 1.165) is 31.5 Å². The van der Waals surface area contributed by atoms with Gasteiger partial charge in [-0.25, -0.2) is 0 Å². The van der Waals surface area contributed by atoms with Gasteiger partial charge in [0.15, 0.2) is 6.04 Å². The number of nitrogens with two attached hydrogens (primary N) is 1. The number of hydrogen-bond donors (Lipinski definition) is 2. The zero-order chi connectivity index (χ0) is 16.1. The van der Waals surface area contributed by atoms with Crippen molar-refractivity contribution >= 4 is 11.8 Å². The summed E-state index contributed by atoms with van der Waals surface area (Å²) in [6.07, 6.45) is 1.56. The molecule has 22 heavy (non-hydrogen) atoms. The summed E-state index contributed by atoms with van der Waals surface area (Å²) in [4.78, 5) is 26.8. The maximum atomic E-state index is 12.6. The molecule has 1 atom stereocenters. The first-order chi connectivity index (χ1) is 10.5. The predicted molar refractivity (Wildman–Crippen MR) is 85.0 cm³/mol. The molecule has 1 aliphatic rings. The Labute approximate surface area is 132 Å². The number of likely N-dealkylation sites (N-methyl/N-ethyl adjacent to an activating group) is 1. The number of primary amides is 1. The molecule has 0 aliphatic carbocycles. The van der Waals surface area contributed by atoms with Gasteiger partial charge >= 0.3 is 0 Å². The molecule has 0 spiro atoms. The Morgan fingerprint density at radius 3 is 2.41 bits per heavy atom. The van der Waals surface area contributed by atoms with Crippen molar-refractivity contribution in [1.29, 1.82) is 0 Å². The van der Waals surface area contributed by atoms with Crippen molar-refractivity contribution in [2.45, 2.75) is 32.4 Å². The average Bonchev–Trinajstić information content (AvgIpc) is 2.54. The van der Waals surface area contributed by atoms with Crippen molar-refractivity contribution in [2.75, 3.05) is 20.1 Å². The van der Waals surface area contributed by atoms with E-state index < -0.39 is 0 Å². The fourth-order valence-corrected chi connectivity index (χ4v) is 3.15. The van der Waals surface area contributed by atoms with Crippen LogP contribution in [0.25, 0.3) is 0 Å². The second kappa shape index (κ2) is 7.40. The van der Waals surface area contributed by atoms with Crippen molar-refractivity contribution in [3.8, 4) is 0 Å². The molecule has 1 aromatic rings. The predicted octanol–water partition coefficient (Wildman–Crippen LogP) is -0.186. The van der Waals surface area contributed by atoms with Crippen molar-refractivity contribution in [1.82, 2.24) is 4.90 Å². The number of piperidine rings is 1. The number of nitrogens with one attached hydrogen (secondary N) is 1. The molecule has 2 amide bonds. The lowest BCUT2D eigenvalue weighted by molar-refractivity contribution is -0.920. The van der Waals surface area contributed by atoms with Crippen LogP contribution < -0.4 is 10.6 Å². The fourth-order valence-electron chi connectivity index (χ4n) is 3.15. The van der Waals surface area contributed by atoms with Crippen LogP contribution in [-0.4, -0.2) is 42.9 Å². The number of carbonyl (C=O) groups excluding carboxylic acids is 2. The number of quaternary nitrogens is 1. The molecule has 1 fully saturated rings. The Morgan fingerprint density at radius 1 is 1.27 bits per heavy atom. The normalized spacial score (nSPS) is 22.8. The number of amides is 2. The summed E-state index contributed by atoms with van der Waals surface area (Å²) in [6.45, 7) is 4.27. The second-order valence-corrected chi connectivity index (χ2v) is 6.24. The largest absolute Gasteiger partial charge is 0.369 e. The summed E-state index contributed by atoms with van der Waals surface area (Å²) in [7, 11) is 1.85. The maximum absolute atomic E-state index is 12.6. The molecule has 5 heteroatoms. The zero-order valence-electron chi connectivity index (χ0n) is 13.4. The van der Waals surface area contributed by atoms with E-state index >= 15 is 0 Å². The molecular formula is C17H26N3O2+. The van der Waals surface area contributed by atoms with Crippen LogP contribution in [0.5, 0.6) is 0 Å². The average molecular weight is 304 g/mol. The Morgan fingerprint density at radius 2 is 1.86 bits per heavy atom. The molecule has 120 valence electrons. The Kier molecular flexibility index (Phi) is 5.55. The van der Waals surface area contributed by atoms with Crippen LogP contribution in [0.15, 0.2) is 30.3 Å². The van der Waals surface area contributed by atoms with Gasteiger partial charge in [0, 0.05) is 32.4 Å². The molecule has 5 nitrogen and oxygen atoms in total. The zero-order valence-corrected chi connectivity index (χ0v) is 13.4. The van der Waals surface area contributed by atoms with Gasteiger partial charge in [-0.15, -0.1) is 0 Å². The summed E-state index contributed by atoms with van der Waals surface area (Å²) in [5, 5.41) is 0. The van der Waals surface area contributed by atoms with Crippen LogP contribution in [0.1, 0.15) is 25.3 Å². The van der Waals surface area contributed by atoms with Gasteiger partial charge in [0.2, 0.25) is 5.91 Å². The summed E-state index contributed by atoms with van der Waals surface area (Å²) >= 11 is 0. The van der Waals surface area contributed by atoms with Crippen molar-refractivity contribution in [2.24, 2.45) is 11.7 Å². The van der Waals surface area contributed by atoms with E-state index in [1.807, 2.05) is 44.3 Å². The minimum Gasteiger partial charge on any atom is -0.369 e.